The maximum atomic E-state index is 12.3. The average molecular weight is 298 g/mol. The van der Waals surface area contributed by atoms with Crippen LogP contribution in [0.1, 0.15) is 21.1 Å². The third kappa shape index (κ3) is 2.71. The molecule has 0 aliphatic heterocycles. The van der Waals surface area contributed by atoms with E-state index in [1.807, 2.05) is 25.1 Å². The summed E-state index contributed by atoms with van der Waals surface area (Å²) in [6.07, 6.45) is 1.54. The van der Waals surface area contributed by atoms with Crippen molar-refractivity contribution in [1.29, 1.82) is 0 Å². The minimum absolute atomic E-state index is 0.215. The van der Waals surface area contributed by atoms with E-state index >= 15 is 0 Å². The summed E-state index contributed by atoms with van der Waals surface area (Å²) >= 11 is 1.60. The molecule has 0 bridgehead atoms. The SMILES string of the molecule is Cc1nc2ccc(NC(=O)c3cc(N)cnc3C)cc2s1. The molecule has 0 fully saturated rings. The lowest BCUT2D eigenvalue weighted by Gasteiger charge is -2.08. The normalized spacial score (nSPS) is 10.8. The highest BCUT2D eigenvalue weighted by atomic mass is 32.1. The Kier molecular flexibility index (Phi) is 3.31. The second-order valence-corrected chi connectivity index (χ2v) is 6.01. The Balaban J connectivity index is 1.90. The zero-order chi connectivity index (χ0) is 15.0. The second kappa shape index (κ2) is 5.14. The largest absolute Gasteiger partial charge is 0.397 e. The van der Waals surface area contributed by atoms with E-state index in [-0.39, 0.29) is 5.91 Å². The highest BCUT2D eigenvalue weighted by Crippen LogP contribution is 2.25. The van der Waals surface area contributed by atoms with Crippen LogP contribution < -0.4 is 11.1 Å². The van der Waals surface area contributed by atoms with Gasteiger partial charge in [-0.2, -0.15) is 0 Å². The maximum Gasteiger partial charge on any atom is 0.257 e. The van der Waals surface area contributed by atoms with Crippen LogP contribution in [0.5, 0.6) is 0 Å². The van der Waals surface area contributed by atoms with E-state index in [0.29, 0.717) is 16.9 Å². The third-order valence-corrected chi connectivity index (χ3v) is 4.04. The van der Waals surface area contributed by atoms with Crippen LogP contribution in [0.15, 0.2) is 30.5 Å². The van der Waals surface area contributed by atoms with E-state index in [0.717, 1.165) is 20.9 Å². The first-order chi connectivity index (χ1) is 10.0. The standard InChI is InChI=1S/C15H14N4OS/c1-8-12(5-10(16)7-17-8)15(20)19-11-3-4-13-14(6-11)21-9(2)18-13/h3-7H,16H2,1-2H3,(H,19,20). The van der Waals surface area contributed by atoms with Crippen LogP contribution in [-0.4, -0.2) is 15.9 Å². The van der Waals surface area contributed by atoms with Gasteiger partial charge in [0, 0.05) is 5.69 Å². The van der Waals surface area contributed by atoms with Gasteiger partial charge in [-0.05, 0) is 38.1 Å². The van der Waals surface area contributed by atoms with Gasteiger partial charge < -0.3 is 11.1 Å². The Bertz CT molecular complexity index is 841. The van der Waals surface area contributed by atoms with Crippen molar-refractivity contribution in [2.45, 2.75) is 13.8 Å². The van der Waals surface area contributed by atoms with Gasteiger partial charge in [0.05, 0.1) is 38.4 Å². The molecule has 2 heterocycles. The predicted molar refractivity (Wildman–Crippen MR) is 85.7 cm³/mol. The van der Waals surface area contributed by atoms with Crippen LogP contribution in [0.4, 0.5) is 11.4 Å². The lowest BCUT2D eigenvalue weighted by molar-refractivity contribution is 0.102. The fourth-order valence-electron chi connectivity index (χ4n) is 2.10. The zero-order valence-corrected chi connectivity index (χ0v) is 12.5. The monoisotopic (exact) mass is 298 g/mol. The molecule has 0 atom stereocenters. The van der Waals surface area contributed by atoms with Gasteiger partial charge in [0.1, 0.15) is 0 Å². The van der Waals surface area contributed by atoms with Crippen molar-refractivity contribution in [3.63, 3.8) is 0 Å². The van der Waals surface area contributed by atoms with Gasteiger partial charge in [-0.15, -0.1) is 11.3 Å². The molecule has 21 heavy (non-hydrogen) atoms. The predicted octanol–water partition coefficient (Wildman–Crippen LogP) is 3.14. The number of aryl methyl sites for hydroxylation is 2. The van der Waals surface area contributed by atoms with E-state index in [1.54, 1.807) is 24.3 Å². The number of fused-ring (bicyclic) bond motifs is 1. The summed E-state index contributed by atoms with van der Waals surface area (Å²) in [5, 5.41) is 3.88. The third-order valence-electron chi connectivity index (χ3n) is 3.11. The molecule has 0 spiro atoms. The molecular formula is C15H14N4OS. The zero-order valence-electron chi connectivity index (χ0n) is 11.7. The molecule has 0 aliphatic carbocycles. The number of thiazole rings is 1. The van der Waals surface area contributed by atoms with Crippen molar-refractivity contribution < 1.29 is 4.79 Å². The van der Waals surface area contributed by atoms with Crippen LogP contribution in [0.3, 0.4) is 0 Å². The van der Waals surface area contributed by atoms with Crippen LogP contribution in [0.25, 0.3) is 10.2 Å². The molecule has 5 nitrogen and oxygen atoms in total. The van der Waals surface area contributed by atoms with Crippen molar-refractivity contribution in [3.8, 4) is 0 Å². The molecule has 2 aromatic heterocycles. The first-order valence-corrected chi connectivity index (χ1v) is 7.25. The van der Waals surface area contributed by atoms with E-state index < -0.39 is 0 Å². The molecule has 0 aliphatic rings. The summed E-state index contributed by atoms with van der Waals surface area (Å²) in [4.78, 5) is 20.8. The van der Waals surface area contributed by atoms with E-state index in [1.165, 1.54) is 6.20 Å². The number of nitrogen functional groups attached to an aromatic ring is 1. The van der Waals surface area contributed by atoms with Gasteiger partial charge in [0.2, 0.25) is 0 Å². The van der Waals surface area contributed by atoms with Gasteiger partial charge in [-0.25, -0.2) is 4.98 Å². The minimum Gasteiger partial charge on any atom is -0.397 e. The van der Waals surface area contributed by atoms with Crippen LogP contribution in [0.2, 0.25) is 0 Å². The van der Waals surface area contributed by atoms with Crippen molar-refractivity contribution >= 4 is 38.8 Å². The summed E-state index contributed by atoms with van der Waals surface area (Å²) in [6.45, 7) is 3.74. The summed E-state index contributed by atoms with van der Waals surface area (Å²) in [5.74, 6) is -0.215. The van der Waals surface area contributed by atoms with Gasteiger partial charge in [0.25, 0.3) is 5.91 Å². The molecular weight excluding hydrogens is 284 g/mol. The molecule has 6 heteroatoms. The fraction of sp³-hybridized carbons (Fsp3) is 0.133. The van der Waals surface area contributed by atoms with Gasteiger partial charge in [0.15, 0.2) is 0 Å². The van der Waals surface area contributed by atoms with Gasteiger partial charge >= 0.3 is 0 Å². The first-order valence-electron chi connectivity index (χ1n) is 6.43. The number of rotatable bonds is 2. The summed E-state index contributed by atoms with van der Waals surface area (Å²) in [5.41, 5.74) is 8.97. The smallest absolute Gasteiger partial charge is 0.257 e. The Labute approximate surface area is 125 Å². The molecule has 3 rings (SSSR count). The number of anilines is 2. The molecule has 0 radical (unpaired) electrons. The Morgan fingerprint density at radius 3 is 2.90 bits per heavy atom. The van der Waals surface area contributed by atoms with Crippen molar-refractivity contribution in [3.05, 3.63) is 46.7 Å². The molecule has 1 amide bonds. The molecule has 3 aromatic rings. The summed E-state index contributed by atoms with van der Waals surface area (Å²) in [6, 6.07) is 7.30. The molecule has 106 valence electrons. The Morgan fingerprint density at radius 1 is 1.29 bits per heavy atom. The quantitative estimate of drug-likeness (QED) is 0.761. The highest BCUT2D eigenvalue weighted by molar-refractivity contribution is 7.18. The molecule has 3 N–H and O–H groups in total. The lowest BCUT2D eigenvalue weighted by Crippen LogP contribution is -2.14. The topological polar surface area (TPSA) is 80.9 Å². The number of nitrogens with two attached hydrogens (primary N) is 1. The number of benzene rings is 1. The maximum absolute atomic E-state index is 12.3. The Morgan fingerprint density at radius 2 is 2.10 bits per heavy atom. The first kappa shape index (κ1) is 13.5. The number of carbonyl (C=O) groups is 1. The molecule has 1 aromatic carbocycles. The van der Waals surface area contributed by atoms with Crippen molar-refractivity contribution in [2.24, 2.45) is 0 Å². The van der Waals surface area contributed by atoms with Gasteiger partial charge in [-0.3, -0.25) is 9.78 Å². The number of nitrogens with one attached hydrogen (secondary N) is 1. The van der Waals surface area contributed by atoms with Crippen LogP contribution in [-0.2, 0) is 0 Å². The van der Waals surface area contributed by atoms with E-state index in [2.05, 4.69) is 15.3 Å². The number of pyridine rings is 1. The molecule has 0 saturated carbocycles. The van der Waals surface area contributed by atoms with E-state index in [4.69, 9.17) is 5.73 Å². The number of hydrogen-bond donors (Lipinski definition) is 2. The number of amides is 1. The lowest BCUT2D eigenvalue weighted by atomic mass is 10.1. The number of nitrogens with zero attached hydrogens (tertiary/aromatic N) is 2. The van der Waals surface area contributed by atoms with E-state index in [9.17, 15) is 4.79 Å². The van der Waals surface area contributed by atoms with Crippen LogP contribution in [0, 0.1) is 13.8 Å². The molecule has 0 unspecified atom stereocenters. The summed E-state index contributed by atoms with van der Waals surface area (Å²) < 4.78 is 1.05. The second-order valence-electron chi connectivity index (χ2n) is 4.77. The number of hydrogen-bond acceptors (Lipinski definition) is 5. The molecule has 0 saturated heterocycles. The number of aromatic nitrogens is 2. The van der Waals surface area contributed by atoms with Crippen LogP contribution >= 0.6 is 11.3 Å². The minimum atomic E-state index is -0.215. The fourth-order valence-corrected chi connectivity index (χ4v) is 2.96. The van der Waals surface area contributed by atoms with Crippen molar-refractivity contribution in [1.82, 2.24) is 9.97 Å². The highest BCUT2D eigenvalue weighted by Gasteiger charge is 2.11. The number of carbonyl (C=O) groups excluding carboxylic acids is 1. The average Bonchev–Trinajstić information content (AvgIpc) is 2.80. The summed E-state index contributed by atoms with van der Waals surface area (Å²) in [7, 11) is 0. The van der Waals surface area contributed by atoms with Gasteiger partial charge in [-0.1, -0.05) is 0 Å². The van der Waals surface area contributed by atoms with Crippen molar-refractivity contribution in [2.75, 3.05) is 11.1 Å². The Hall–Kier alpha value is -2.47.